The number of nitriles is 1. The zero-order chi connectivity index (χ0) is 13.1. The van der Waals surface area contributed by atoms with E-state index < -0.39 is 11.9 Å². The molecule has 1 saturated heterocycles. The van der Waals surface area contributed by atoms with Gasteiger partial charge < -0.3 is 10.2 Å². The fourth-order valence-corrected chi connectivity index (χ4v) is 2.13. The van der Waals surface area contributed by atoms with Crippen LogP contribution < -0.4 is 5.32 Å². The van der Waals surface area contributed by atoms with Crippen LogP contribution in [0.4, 0.5) is 4.39 Å². The lowest BCUT2D eigenvalue weighted by atomic mass is 10.1. The van der Waals surface area contributed by atoms with Crippen molar-refractivity contribution in [2.24, 2.45) is 0 Å². The van der Waals surface area contributed by atoms with Crippen LogP contribution in [0.2, 0.25) is 5.02 Å². The van der Waals surface area contributed by atoms with Gasteiger partial charge in [0.25, 0.3) is 5.91 Å². The summed E-state index contributed by atoms with van der Waals surface area (Å²) in [4.78, 5) is 13.7. The van der Waals surface area contributed by atoms with Crippen molar-refractivity contribution in [3.63, 3.8) is 0 Å². The second-order valence-electron chi connectivity index (χ2n) is 3.97. The topological polar surface area (TPSA) is 56.1 Å². The quantitative estimate of drug-likeness (QED) is 0.837. The molecule has 1 amide bonds. The van der Waals surface area contributed by atoms with Gasteiger partial charge in [-0.25, -0.2) is 4.39 Å². The van der Waals surface area contributed by atoms with Crippen LogP contribution in [0, 0.1) is 17.1 Å². The number of nitrogens with one attached hydrogen (secondary N) is 1. The standard InChI is InChI=1S/C12H11ClFN3O/c13-11-5-8(14)1-2-10(11)12(18)17-4-3-16-7-9(17)6-15/h1-2,5,9,16H,3-4,7H2. The van der Waals surface area contributed by atoms with Crippen molar-refractivity contribution in [2.45, 2.75) is 6.04 Å². The van der Waals surface area contributed by atoms with Gasteiger partial charge in [0.2, 0.25) is 0 Å². The number of carbonyl (C=O) groups is 1. The summed E-state index contributed by atoms with van der Waals surface area (Å²) in [6.07, 6.45) is 0. The van der Waals surface area contributed by atoms with Crippen molar-refractivity contribution in [2.75, 3.05) is 19.6 Å². The number of piperazine rings is 1. The van der Waals surface area contributed by atoms with E-state index in [1.54, 1.807) is 0 Å². The molecule has 0 spiro atoms. The second-order valence-corrected chi connectivity index (χ2v) is 4.38. The molecule has 1 aromatic carbocycles. The highest BCUT2D eigenvalue weighted by molar-refractivity contribution is 6.33. The Hall–Kier alpha value is -1.64. The van der Waals surface area contributed by atoms with Gasteiger partial charge in [0.05, 0.1) is 16.7 Å². The molecule has 1 aliphatic heterocycles. The summed E-state index contributed by atoms with van der Waals surface area (Å²) in [5, 5.41) is 12.1. The molecule has 94 valence electrons. The molecule has 0 aliphatic carbocycles. The van der Waals surface area contributed by atoms with Crippen molar-refractivity contribution < 1.29 is 9.18 Å². The molecule has 0 bridgehead atoms. The summed E-state index contributed by atoms with van der Waals surface area (Å²) in [5.74, 6) is -0.832. The summed E-state index contributed by atoms with van der Waals surface area (Å²) in [7, 11) is 0. The molecule has 1 fully saturated rings. The molecule has 1 heterocycles. The smallest absolute Gasteiger partial charge is 0.256 e. The van der Waals surface area contributed by atoms with Gasteiger partial charge in [-0.2, -0.15) is 5.26 Å². The van der Waals surface area contributed by atoms with Gasteiger partial charge in [-0.15, -0.1) is 0 Å². The average molecular weight is 268 g/mol. The van der Waals surface area contributed by atoms with Gasteiger partial charge in [-0.3, -0.25) is 4.79 Å². The average Bonchev–Trinajstić information content (AvgIpc) is 2.38. The molecule has 1 unspecified atom stereocenters. The zero-order valence-electron chi connectivity index (χ0n) is 9.49. The van der Waals surface area contributed by atoms with E-state index in [0.29, 0.717) is 19.6 Å². The SMILES string of the molecule is N#CC1CNCCN1C(=O)c1ccc(F)cc1Cl. The predicted molar refractivity (Wildman–Crippen MR) is 64.7 cm³/mol. The highest BCUT2D eigenvalue weighted by Gasteiger charge is 2.28. The lowest BCUT2D eigenvalue weighted by Gasteiger charge is -2.32. The summed E-state index contributed by atoms with van der Waals surface area (Å²) < 4.78 is 12.9. The van der Waals surface area contributed by atoms with Gasteiger partial charge in [-0.05, 0) is 18.2 Å². The Morgan fingerprint density at radius 3 is 3.06 bits per heavy atom. The molecule has 0 radical (unpaired) electrons. The Kier molecular flexibility index (Phi) is 3.80. The first-order chi connectivity index (χ1) is 8.63. The largest absolute Gasteiger partial charge is 0.320 e. The van der Waals surface area contributed by atoms with Gasteiger partial charge >= 0.3 is 0 Å². The first-order valence-corrected chi connectivity index (χ1v) is 5.87. The Balaban J connectivity index is 2.27. The maximum Gasteiger partial charge on any atom is 0.256 e. The summed E-state index contributed by atoms with van der Waals surface area (Å²) in [6, 6.07) is 5.16. The first-order valence-electron chi connectivity index (χ1n) is 5.50. The Bertz CT molecular complexity index is 515. The molecule has 1 aromatic rings. The molecule has 18 heavy (non-hydrogen) atoms. The molecule has 1 atom stereocenters. The Labute approximate surface area is 109 Å². The van der Waals surface area contributed by atoms with E-state index in [4.69, 9.17) is 16.9 Å². The molecule has 0 aromatic heterocycles. The highest BCUT2D eigenvalue weighted by atomic mass is 35.5. The van der Waals surface area contributed by atoms with Crippen LogP contribution in [0.25, 0.3) is 0 Å². The normalized spacial score (nSPS) is 19.4. The number of amides is 1. The Morgan fingerprint density at radius 1 is 1.61 bits per heavy atom. The molecule has 4 nitrogen and oxygen atoms in total. The van der Waals surface area contributed by atoms with Crippen molar-refractivity contribution in [1.29, 1.82) is 5.26 Å². The highest BCUT2D eigenvalue weighted by Crippen LogP contribution is 2.20. The number of hydrogen-bond acceptors (Lipinski definition) is 3. The van der Waals surface area contributed by atoms with E-state index in [1.807, 2.05) is 0 Å². The van der Waals surface area contributed by atoms with Crippen molar-refractivity contribution in [1.82, 2.24) is 10.2 Å². The lowest BCUT2D eigenvalue weighted by molar-refractivity contribution is 0.0687. The number of nitrogens with zero attached hydrogens (tertiary/aromatic N) is 2. The third kappa shape index (κ3) is 2.45. The van der Waals surface area contributed by atoms with Crippen LogP contribution in [0.5, 0.6) is 0 Å². The molecular weight excluding hydrogens is 257 g/mol. The lowest BCUT2D eigenvalue weighted by Crippen LogP contribution is -2.53. The minimum Gasteiger partial charge on any atom is -0.320 e. The molecule has 6 heteroatoms. The number of rotatable bonds is 1. The van der Waals surface area contributed by atoms with Crippen molar-refractivity contribution in [3.05, 3.63) is 34.6 Å². The third-order valence-electron chi connectivity index (χ3n) is 2.81. The Morgan fingerprint density at radius 2 is 2.39 bits per heavy atom. The van der Waals surface area contributed by atoms with Crippen LogP contribution in [-0.2, 0) is 0 Å². The first kappa shape index (κ1) is 12.8. The maximum atomic E-state index is 12.9. The van der Waals surface area contributed by atoms with E-state index in [0.717, 1.165) is 6.07 Å². The second kappa shape index (κ2) is 5.34. The molecule has 0 saturated carbocycles. The number of benzene rings is 1. The van der Waals surface area contributed by atoms with Crippen LogP contribution >= 0.6 is 11.6 Å². The summed E-state index contributed by atoms with van der Waals surface area (Å²) in [6.45, 7) is 1.49. The van der Waals surface area contributed by atoms with Crippen molar-refractivity contribution in [3.8, 4) is 6.07 Å². The van der Waals surface area contributed by atoms with Gasteiger partial charge in [0, 0.05) is 19.6 Å². The minimum absolute atomic E-state index is 0.0650. The van der Waals surface area contributed by atoms with E-state index in [1.165, 1.54) is 17.0 Å². The molecule has 1 aliphatic rings. The van der Waals surface area contributed by atoms with Crippen LogP contribution in [-0.4, -0.2) is 36.5 Å². The zero-order valence-corrected chi connectivity index (χ0v) is 10.2. The van der Waals surface area contributed by atoms with Crippen LogP contribution in [0.3, 0.4) is 0 Å². The monoisotopic (exact) mass is 267 g/mol. The van der Waals surface area contributed by atoms with E-state index in [2.05, 4.69) is 11.4 Å². The van der Waals surface area contributed by atoms with Gasteiger partial charge in [0.1, 0.15) is 11.9 Å². The van der Waals surface area contributed by atoms with Crippen LogP contribution in [0.15, 0.2) is 18.2 Å². The summed E-state index contributed by atoms with van der Waals surface area (Å²) >= 11 is 5.85. The predicted octanol–water partition coefficient (Wildman–Crippen LogP) is 1.42. The maximum absolute atomic E-state index is 12.9. The van der Waals surface area contributed by atoms with Crippen LogP contribution in [0.1, 0.15) is 10.4 Å². The summed E-state index contributed by atoms with van der Waals surface area (Å²) in [5.41, 5.74) is 0.222. The third-order valence-corrected chi connectivity index (χ3v) is 3.13. The number of halogens is 2. The van der Waals surface area contributed by atoms with Crippen molar-refractivity contribution >= 4 is 17.5 Å². The fourth-order valence-electron chi connectivity index (χ4n) is 1.88. The molecule has 2 rings (SSSR count). The van der Waals surface area contributed by atoms with Gasteiger partial charge in [0.15, 0.2) is 0 Å². The van der Waals surface area contributed by atoms with Gasteiger partial charge in [-0.1, -0.05) is 11.6 Å². The minimum atomic E-state index is -0.521. The number of hydrogen-bond donors (Lipinski definition) is 1. The van der Waals surface area contributed by atoms with E-state index >= 15 is 0 Å². The fraction of sp³-hybridized carbons (Fsp3) is 0.333. The molecule has 1 N–H and O–H groups in total. The van der Waals surface area contributed by atoms with E-state index in [9.17, 15) is 9.18 Å². The molecular formula is C12H11ClFN3O. The van der Waals surface area contributed by atoms with E-state index in [-0.39, 0.29) is 16.5 Å². The number of carbonyl (C=O) groups excluding carboxylic acids is 1.